The van der Waals surface area contributed by atoms with Crippen LogP contribution in [-0.4, -0.2) is 16.1 Å². The number of hydrogen-bond acceptors (Lipinski definition) is 2. The van der Waals surface area contributed by atoms with Gasteiger partial charge in [-0.05, 0) is 42.9 Å². The van der Waals surface area contributed by atoms with Crippen molar-refractivity contribution in [1.82, 2.24) is 14.9 Å². The summed E-state index contributed by atoms with van der Waals surface area (Å²) in [7, 11) is 0. The predicted octanol–water partition coefficient (Wildman–Crippen LogP) is 3.04. The van der Waals surface area contributed by atoms with Crippen LogP contribution in [-0.2, 0) is 18.4 Å². The van der Waals surface area contributed by atoms with Gasteiger partial charge < -0.3 is 9.88 Å². The SMILES string of the molecule is CC(C)(C)c1nc2c(n1C1C3C4CCC(C4)C31)CCNC2. The van der Waals surface area contributed by atoms with Crippen LogP contribution in [0.2, 0.25) is 0 Å². The minimum absolute atomic E-state index is 0.160. The lowest BCUT2D eigenvalue weighted by Crippen LogP contribution is -2.26. The highest BCUT2D eigenvalue weighted by atomic mass is 15.2. The fourth-order valence-electron chi connectivity index (χ4n) is 5.81. The normalized spacial score (nSPS) is 40.2. The zero-order valence-corrected chi connectivity index (χ0v) is 13.5. The number of fused-ring (bicyclic) bond motifs is 6. The summed E-state index contributed by atoms with van der Waals surface area (Å²) in [6, 6.07) is 0.805. The summed E-state index contributed by atoms with van der Waals surface area (Å²) in [6.45, 7) is 9.09. The van der Waals surface area contributed by atoms with Crippen LogP contribution >= 0.6 is 0 Å². The van der Waals surface area contributed by atoms with E-state index in [2.05, 4.69) is 30.7 Å². The van der Waals surface area contributed by atoms with Crippen molar-refractivity contribution < 1.29 is 0 Å². The molecule has 3 aliphatic carbocycles. The number of imidazole rings is 1. The summed E-state index contributed by atoms with van der Waals surface area (Å²) in [5.41, 5.74) is 3.06. The highest BCUT2D eigenvalue weighted by Gasteiger charge is 2.66. The molecule has 3 nitrogen and oxygen atoms in total. The van der Waals surface area contributed by atoms with Crippen molar-refractivity contribution in [1.29, 1.82) is 0 Å². The predicted molar refractivity (Wildman–Crippen MR) is 83.2 cm³/mol. The monoisotopic (exact) mass is 285 g/mol. The summed E-state index contributed by atoms with van der Waals surface area (Å²) in [5, 5.41) is 3.50. The maximum Gasteiger partial charge on any atom is 0.114 e. The number of rotatable bonds is 1. The highest BCUT2D eigenvalue weighted by molar-refractivity contribution is 5.29. The van der Waals surface area contributed by atoms with E-state index >= 15 is 0 Å². The van der Waals surface area contributed by atoms with Gasteiger partial charge in [-0.3, -0.25) is 0 Å². The van der Waals surface area contributed by atoms with Gasteiger partial charge in [0.1, 0.15) is 5.82 Å². The van der Waals surface area contributed by atoms with Crippen LogP contribution in [0.4, 0.5) is 0 Å². The van der Waals surface area contributed by atoms with Crippen LogP contribution < -0.4 is 5.32 Å². The molecule has 1 N–H and O–H groups in total. The van der Waals surface area contributed by atoms with E-state index < -0.39 is 0 Å². The van der Waals surface area contributed by atoms with Gasteiger partial charge in [0.25, 0.3) is 0 Å². The van der Waals surface area contributed by atoms with Crippen molar-refractivity contribution in [2.75, 3.05) is 6.54 Å². The Morgan fingerprint density at radius 2 is 1.86 bits per heavy atom. The summed E-state index contributed by atoms with van der Waals surface area (Å²) in [6.07, 6.45) is 5.72. The molecule has 4 unspecified atom stereocenters. The van der Waals surface area contributed by atoms with Gasteiger partial charge in [-0.1, -0.05) is 20.8 Å². The molecule has 21 heavy (non-hydrogen) atoms. The maximum atomic E-state index is 5.08. The molecule has 0 radical (unpaired) electrons. The molecule has 4 aliphatic rings. The van der Waals surface area contributed by atoms with Crippen molar-refractivity contribution in [3.63, 3.8) is 0 Å². The molecule has 114 valence electrons. The highest BCUT2D eigenvalue weighted by Crippen LogP contribution is 2.72. The average Bonchev–Trinajstić information content (AvgIpc) is 2.82. The van der Waals surface area contributed by atoms with E-state index in [0.29, 0.717) is 0 Å². The van der Waals surface area contributed by atoms with Gasteiger partial charge in [-0.15, -0.1) is 0 Å². The molecule has 1 aliphatic heterocycles. The molecule has 5 rings (SSSR count). The van der Waals surface area contributed by atoms with Crippen molar-refractivity contribution in [2.24, 2.45) is 23.7 Å². The number of hydrogen-bond donors (Lipinski definition) is 1. The van der Waals surface area contributed by atoms with E-state index in [1.54, 1.807) is 5.69 Å². The molecule has 2 bridgehead atoms. The van der Waals surface area contributed by atoms with Gasteiger partial charge in [0.15, 0.2) is 0 Å². The number of aromatic nitrogens is 2. The van der Waals surface area contributed by atoms with E-state index in [0.717, 1.165) is 42.8 Å². The molecule has 3 fully saturated rings. The molecule has 4 atom stereocenters. The Balaban J connectivity index is 1.61. The Morgan fingerprint density at radius 1 is 1.14 bits per heavy atom. The summed E-state index contributed by atoms with van der Waals surface area (Å²) in [4.78, 5) is 5.08. The minimum atomic E-state index is 0.160. The first-order valence-electron chi connectivity index (χ1n) is 8.87. The van der Waals surface area contributed by atoms with Crippen LogP contribution in [0.3, 0.4) is 0 Å². The fraction of sp³-hybridized carbons (Fsp3) is 0.833. The molecular formula is C18H27N3. The van der Waals surface area contributed by atoms with Crippen LogP contribution in [0.15, 0.2) is 0 Å². The Bertz CT molecular complexity index is 578. The van der Waals surface area contributed by atoms with E-state index in [1.807, 2.05) is 0 Å². The third-order valence-corrected chi connectivity index (χ3v) is 6.59. The molecule has 1 aromatic rings. The fourth-order valence-corrected chi connectivity index (χ4v) is 5.81. The third-order valence-electron chi connectivity index (χ3n) is 6.59. The molecule has 2 heterocycles. The third kappa shape index (κ3) is 1.61. The first-order valence-corrected chi connectivity index (χ1v) is 8.87. The molecule has 0 saturated heterocycles. The van der Waals surface area contributed by atoms with Crippen molar-refractivity contribution in [3.05, 3.63) is 17.2 Å². The van der Waals surface area contributed by atoms with Crippen LogP contribution in [0, 0.1) is 23.7 Å². The standard InChI is InChI=1S/C18H27N3/c1-18(2,3)17-20-12-9-19-7-6-13(12)21(17)16-14-10-4-5-11(8-10)15(14)16/h10-11,14-16,19H,4-9H2,1-3H3. The molecule has 3 heteroatoms. The zero-order chi connectivity index (χ0) is 14.4. The zero-order valence-electron chi connectivity index (χ0n) is 13.5. The molecule has 1 aromatic heterocycles. The summed E-state index contributed by atoms with van der Waals surface area (Å²) >= 11 is 0. The smallest absolute Gasteiger partial charge is 0.114 e. The van der Waals surface area contributed by atoms with Gasteiger partial charge in [-0.2, -0.15) is 0 Å². The van der Waals surface area contributed by atoms with Gasteiger partial charge in [0.05, 0.1) is 5.69 Å². The quantitative estimate of drug-likeness (QED) is 0.859. The van der Waals surface area contributed by atoms with Gasteiger partial charge in [-0.25, -0.2) is 4.98 Å². The van der Waals surface area contributed by atoms with Gasteiger partial charge >= 0.3 is 0 Å². The van der Waals surface area contributed by atoms with Crippen molar-refractivity contribution >= 4 is 0 Å². The average molecular weight is 285 g/mol. The topological polar surface area (TPSA) is 29.9 Å². The van der Waals surface area contributed by atoms with Crippen molar-refractivity contribution in [3.8, 4) is 0 Å². The van der Waals surface area contributed by atoms with Crippen LogP contribution in [0.5, 0.6) is 0 Å². The largest absolute Gasteiger partial charge is 0.328 e. The molecule has 3 saturated carbocycles. The summed E-state index contributed by atoms with van der Waals surface area (Å²) < 4.78 is 2.73. The lowest BCUT2D eigenvalue weighted by molar-refractivity contribution is 0.411. The molecular weight excluding hydrogens is 258 g/mol. The second-order valence-corrected chi connectivity index (χ2v) is 8.85. The van der Waals surface area contributed by atoms with Gasteiger partial charge in [0, 0.05) is 36.7 Å². The Labute approximate surface area is 127 Å². The van der Waals surface area contributed by atoms with E-state index in [9.17, 15) is 0 Å². The van der Waals surface area contributed by atoms with Crippen LogP contribution in [0.25, 0.3) is 0 Å². The number of nitrogens with zero attached hydrogens (tertiary/aromatic N) is 2. The van der Waals surface area contributed by atoms with Crippen molar-refractivity contribution in [2.45, 2.75) is 64.5 Å². The summed E-state index contributed by atoms with van der Waals surface area (Å²) in [5.74, 6) is 5.43. The second-order valence-electron chi connectivity index (χ2n) is 8.85. The minimum Gasteiger partial charge on any atom is -0.328 e. The Kier molecular flexibility index (Phi) is 2.37. The molecule has 0 spiro atoms. The van der Waals surface area contributed by atoms with Gasteiger partial charge in [0.2, 0.25) is 0 Å². The van der Waals surface area contributed by atoms with Crippen LogP contribution in [0.1, 0.15) is 63.3 Å². The Hall–Kier alpha value is -0.830. The second kappa shape index (κ2) is 3.92. The van der Waals surface area contributed by atoms with E-state index in [-0.39, 0.29) is 5.41 Å². The first-order chi connectivity index (χ1) is 10.1. The molecule has 0 amide bonds. The lowest BCUT2D eigenvalue weighted by atomic mass is 9.95. The number of nitrogens with one attached hydrogen (secondary N) is 1. The van der Waals surface area contributed by atoms with E-state index in [4.69, 9.17) is 4.98 Å². The van der Waals surface area contributed by atoms with E-state index in [1.165, 1.54) is 37.2 Å². The lowest BCUT2D eigenvalue weighted by Gasteiger charge is -2.24. The maximum absolute atomic E-state index is 5.08. The Morgan fingerprint density at radius 3 is 2.52 bits per heavy atom. The first kappa shape index (κ1) is 12.7. The molecule has 0 aromatic carbocycles.